The van der Waals surface area contributed by atoms with E-state index in [1.54, 1.807) is 13.0 Å². The van der Waals surface area contributed by atoms with E-state index >= 15 is 0 Å². The number of benzene rings is 1. The molecule has 0 bridgehead atoms. The van der Waals surface area contributed by atoms with Crippen molar-refractivity contribution in [3.05, 3.63) is 35.4 Å². The van der Waals surface area contributed by atoms with Gasteiger partial charge in [-0.1, -0.05) is 37.5 Å². The second-order valence-electron chi connectivity index (χ2n) is 8.52. The third-order valence-electron chi connectivity index (χ3n) is 6.61. The highest BCUT2D eigenvalue weighted by molar-refractivity contribution is 5.97. The number of nitrogens with zero attached hydrogens (tertiary/aromatic N) is 1. The van der Waals surface area contributed by atoms with E-state index in [1.807, 2.05) is 18.2 Å². The summed E-state index contributed by atoms with van der Waals surface area (Å²) in [5.41, 5.74) is 0.263. The molecule has 152 valence electrons. The van der Waals surface area contributed by atoms with Crippen LogP contribution in [-0.2, 0) is 20.7 Å². The number of fused-ring (bicyclic) bond motifs is 1. The molecule has 28 heavy (non-hydrogen) atoms. The van der Waals surface area contributed by atoms with Crippen LogP contribution >= 0.6 is 0 Å². The van der Waals surface area contributed by atoms with E-state index in [2.05, 4.69) is 10.2 Å². The van der Waals surface area contributed by atoms with Crippen LogP contribution in [0.15, 0.2) is 24.3 Å². The molecular formula is C22H30N2O4. The highest BCUT2D eigenvalue weighted by Crippen LogP contribution is 2.34. The summed E-state index contributed by atoms with van der Waals surface area (Å²) in [7, 11) is 0. The average Bonchev–Trinajstić information content (AvgIpc) is 2.73. The van der Waals surface area contributed by atoms with Crippen LogP contribution in [0, 0.1) is 0 Å². The van der Waals surface area contributed by atoms with Crippen LogP contribution in [0.4, 0.5) is 0 Å². The molecule has 6 nitrogen and oxygen atoms in total. The van der Waals surface area contributed by atoms with Crippen LogP contribution in [0.5, 0.6) is 0 Å². The first-order valence-corrected chi connectivity index (χ1v) is 10.4. The molecule has 1 saturated carbocycles. The van der Waals surface area contributed by atoms with E-state index in [0.717, 1.165) is 44.7 Å². The van der Waals surface area contributed by atoms with Crippen molar-refractivity contribution >= 4 is 11.9 Å². The molecule has 0 aromatic heterocycles. The lowest BCUT2D eigenvalue weighted by Crippen LogP contribution is -2.62. The molecule has 2 aliphatic heterocycles. The zero-order chi connectivity index (χ0) is 19.6. The van der Waals surface area contributed by atoms with Crippen molar-refractivity contribution in [1.29, 1.82) is 0 Å². The van der Waals surface area contributed by atoms with Gasteiger partial charge in [-0.15, -0.1) is 0 Å². The Morgan fingerprint density at radius 3 is 2.61 bits per heavy atom. The van der Waals surface area contributed by atoms with Gasteiger partial charge in [0.1, 0.15) is 0 Å². The van der Waals surface area contributed by atoms with Crippen molar-refractivity contribution in [2.45, 2.75) is 56.6 Å². The number of ether oxygens (including phenoxy) is 2. The maximum Gasteiger partial charge on any atom is 0.339 e. The third-order valence-corrected chi connectivity index (χ3v) is 6.61. The maximum absolute atomic E-state index is 13.1. The Hall–Kier alpha value is -1.92. The summed E-state index contributed by atoms with van der Waals surface area (Å²) in [6.45, 7) is 5.65. The van der Waals surface area contributed by atoms with E-state index in [9.17, 15) is 9.59 Å². The smallest absolute Gasteiger partial charge is 0.339 e. The first-order chi connectivity index (χ1) is 13.5. The highest BCUT2D eigenvalue weighted by Gasteiger charge is 2.45. The van der Waals surface area contributed by atoms with Crippen LogP contribution in [0.3, 0.4) is 0 Å². The van der Waals surface area contributed by atoms with E-state index in [4.69, 9.17) is 9.47 Å². The Labute approximate surface area is 166 Å². The summed E-state index contributed by atoms with van der Waals surface area (Å²) in [5, 5.41) is 3.15. The van der Waals surface area contributed by atoms with Gasteiger partial charge < -0.3 is 14.8 Å². The van der Waals surface area contributed by atoms with Gasteiger partial charge in [-0.3, -0.25) is 9.69 Å². The molecule has 1 N–H and O–H groups in total. The molecule has 2 heterocycles. The number of cyclic esters (lactones) is 1. The van der Waals surface area contributed by atoms with Gasteiger partial charge in [0.05, 0.1) is 18.8 Å². The first-order valence-electron chi connectivity index (χ1n) is 10.4. The number of amides is 1. The Balaban J connectivity index is 1.47. The monoisotopic (exact) mass is 386 g/mol. The minimum atomic E-state index is -1.16. The van der Waals surface area contributed by atoms with Gasteiger partial charge in [0, 0.05) is 31.6 Å². The fraction of sp³-hybridized carbons (Fsp3) is 0.636. The van der Waals surface area contributed by atoms with Crippen molar-refractivity contribution < 1.29 is 19.1 Å². The predicted octanol–water partition coefficient (Wildman–Crippen LogP) is 2.31. The molecule has 1 unspecified atom stereocenters. The molecule has 1 amide bonds. The Kier molecular flexibility index (Phi) is 5.43. The van der Waals surface area contributed by atoms with Gasteiger partial charge in [0.2, 0.25) is 0 Å². The van der Waals surface area contributed by atoms with Gasteiger partial charge in [-0.25, -0.2) is 4.79 Å². The van der Waals surface area contributed by atoms with Gasteiger partial charge in [-0.2, -0.15) is 0 Å². The van der Waals surface area contributed by atoms with Crippen molar-refractivity contribution in [3.8, 4) is 0 Å². The van der Waals surface area contributed by atoms with Crippen LogP contribution in [0.1, 0.15) is 54.9 Å². The number of carbonyl (C=O) groups excluding carboxylic acids is 2. The second kappa shape index (κ2) is 7.84. The van der Waals surface area contributed by atoms with Gasteiger partial charge in [-0.05, 0) is 31.4 Å². The number of esters is 1. The SMILES string of the molecule is CC1(C(=O)NCC2(N3CCOCC3)CCCCC2)Cc2ccccc2C(=O)O1. The third kappa shape index (κ3) is 3.67. The van der Waals surface area contributed by atoms with Crippen LogP contribution in [-0.4, -0.2) is 60.8 Å². The fourth-order valence-corrected chi connectivity index (χ4v) is 4.94. The van der Waals surface area contributed by atoms with Crippen LogP contribution in [0.25, 0.3) is 0 Å². The van der Waals surface area contributed by atoms with E-state index in [1.165, 1.54) is 19.3 Å². The summed E-state index contributed by atoms with van der Waals surface area (Å²) in [6, 6.07) is 7.37. The zero-order valence-electron chi connectivity index (χ0n) is 16.7. The molecule has 1 aliphatic carbocycles. The summed E-state index contributed by atoms with van der Waals surface area (Å²) in [5.74, 6) is -0.617. The quantitative estimate of drug-likeness (QED) is 0.805. The molecular weight excluding hydrogens is 356 g/mol. The molecule has 2 fully saturated rings. The minimum Gasteiger partial charge on any atom is -0.445 e. The largest absolute Gasteiger partial charge is 0.445 e. The van der Waals surface area contributed by atoms with Crippen molar-refractivity contribution in [2.75, 3.05) is 32.8 Å². The molecule has 0 radical (unpaired) electrons. The van der Waals surface area contributed by atoms with Crippen LogP contribution < -0.4 is 5.32 Å². The zero-order valence-corrected chi connectivity index (χ0v) is 16.7. The van der Waals surface area contributed by atoms with Crippen molar-refractivity contribution in [3.63, 3.8) is 0 Å². The molecule has 3 aliphatic rings. The second-order valence-corrected chi connectivity index (χ2v) is 8.52. The maximum atomic E-state index is 13.1. The summed E-state index contributed by atoms with van der Waals surface area (Å²) in [6.07, 6.45) is 6.22. The summed E-state index contributed by atoms with van der Waals surface area (Å²) < 4.78 is 11.1. The Morgan fingerprint density at radius 1 is 1.14 bits per heavy atom. The molecule has 6 heteroatoms. The number of nitrogens with one attached hydrogen (secondary N) is 1. The van der Waals surface area contributed by atoms with E-state index in [0.29, 0.717) is 18.5 Å². The number of rotatable bonds is 4. The first kappa shape index (κ1) is 19.4. The van der Waals surface area contributed by atoms with E-state index < -0.39 is 11.6 Å². The molecule has 1 saturated heterocycles. The Bertz CT molecular complexity index is 738. The topological polar surface area (TPSA) is 67.9 Å². The average molecular weight is 386 g/mol. The molecule has 4 rings (SSSR count). The molecule has 1 atom stereocenters. The number of carbonyl (C=O) groups is 2. The minimum absolute atomic E-state index is 0.00929. The van der Waals surface area contributed by atoms with Crippen LogP contribution in [0.2, 0.25) is 0 Å². The fourth-order valence-electron chi connectivity index (χ4n) is 4.94. The summed E-state index contributed by atoms with van der Waals surface area (Å²) >= 11 is 0. The molecule has 1 aromatic rings. The van der Waals surface area contributed by atoms with Gasteiger partial charge in [0.25, 0.3) is 5.91 Å². The molecule has 1 aromatic carbocycles. The predicted molar refractivity (Wildman–Crippen MR) is 105 cm³/mol. The van der Waals surface area contributed by atoms with Gasteiger partial charge >= 0.3 is 5.97 Å². The lowest BCUT2D eigenvalue weighted by Gasteiger charge is -2.48. The number of hydrogen-bond acceptors (Lipinski definition) is 5. The van der Waals surface area contributed by atoms with Crippen molar-refractivity contribution in [1.82, 2.24) is 10.2 Å². The summed E-state index contributed by atoms with van der Waals surface area (Å²) in [4.78, 5) is 28.0. The highest BCUT2D eigenvalue weighted by atomic mass is 16.6. The van der Waals surface area contributed by atoms with Crippen molar-refractivity contribution in [2.24, 2.45) is 0 Å². The lowest BCUT2D eigenvalue weighted by atomic mass is 9.79. The molecule has 0 spiro atoms. The standard InChI is InChI=1S/C22H30N2O4/c1-21(15-17-7-3-4-8-18(17)19(25)28-21)20(26)23-16-22(9-5-2-6-10-22)24-11-13-27-14-12-24/h3-4,7-8H,2,5-6,9-16H2,1H3,(H,23,26). The lowest BCUT2D eigenvalue weighted by molar-refractivity contribution is -0.141. The number of hydrogen-bond donors (Lipinski definition) is 1. The normalized spacial score (nSPS) is 27.5. The van der Waals surface area contributed by atoms with Gasteiger partial charge in [0.15, 0.2) is 5.60 Å². The Morgan fingerprint density at radius 2 is 1.86 bits per heavy atom. The number of morpholine rings is 1. The van der Waals surface area contributed by atoms with E-state index in [-0.39, 0.29) is 11.4 Å².